The molecule has 0 saturated heterocycles. The van der Waals surface area contributed by atoms with Gasteiger partial charge in [0.05, 0.1) is 10.2 Å². The minimum Gasteiger partial charge on any atom is -0.298 e. The normalized spacial score (nSPS) is 12.8. The van der Waals surface area contributed by atoms with Crippen molar-refractivity contribution in [1.82, 2.24) is 4.98 Å². The molecule has 1 aliphatic carbocycles. The highest BCUT2D eigenvalue weighted by molar-refractivity contribution is 7.98. The van der Waals surface area contributed by atoms with Crippen molar-refractivity contribution in [2.75, 3.05) is 11.6 Å². The topological polar surface area (TPSA) is 42.0 Å². The summed E-state index contributed by atoms with van der Waals surface area (Å²) < 4.78 is 1.14. The average molecular weight is 377 g/mol. The fourth-order valence-corrected chi connectivity index (χ4v) is 5.02. The fourth-order valence-electron chi connectivity index (χ4n) is 3.67. The minimum atomic E-state index is -0.117. The van der Waals surface area contributed by atoms with Crippen LogP contribution in [0.4, 0.5) is 5.13 Å². The minimum absolute atomic E-state index is 0.117. The smallest absolute Gasteiger partial charge is 0.257 e. The van der Waals surface area contributed by atoms with Crippen LogP contribution < -0.4 is 5.32 Å². The average Bonchev–Trinajstić information content (AvgIpc) is 3.27. The molecule has 5 rings (SSSR count). The van der Waals surface area contributed by atoms with Gasteiger partial charge < -0.3 is 0 Å². The zero-order chi connectivity index (χ0) is 17.7. The molecule has 0 atom stereocenters. The number of aromatic nitrogens is 1. The first-order valence-electron chi connectivity index (χ1n) is 8.52. The molecule has 128 valence electrons. The summed E-state index contributed by atoms with van der Waals surface area (Å²) in [4.78, 5) is 18.4. The van der Waals surface area contributed by atoms with Crippen molar-refractivity contribution in [3.63, 3.8) is 0 Å². The third-order valence-electron chi connectivity index (χ3n) is 4.92. The number of nitrogens with one attached hydrogen (secondary N) is 1. The number of rotatable bonds is 3. The summed E-state index contributed by atoms with van der Waals surface area (Å²) in [5.41, 5.74) is 4.45. The highest BCUT2D eigenvalue weighted by Crippen LogP contribution is 2.39. The molecule has 0 spiro atoms. The molecule has 1 amide bonds. The lowest BCUT2D eigenvalue weighted by Gasteiger charge is -2.02. The van der Waals surface area contributed by atoms with Gasteiger partial charge in [0.1, 0.15) is 0 Å². The molecule has 1 N–H and O–H groups in total. The van der Waals surface area contributed by atoms with Crippen molar-refractivity contribution in [3.8, 4) is 0 Å². The van der Waals surface area contributed by atoms with Gasteiger partial charge in [-0.25, -0.2) is 4.98 Å². The van der Waals surface area contributed by atoms with Crippen molar-refractivity contribution in [2.45, 2.75) is 17.7 Å². The Morgan fingerprint density at radius 3 is 2.73 bits per heavy atom. The van der Waals surface area contributed by atoms with Crippen LogP contribution in [0, 0.1) is 0 Å². The van der Waals surface area contributed by atoms with Crippen LogP contribution in [0.3, 0.4) is 0 Å². The predicted molar refractivity (Wildman–Crippen MR) is 111 cm³/mol. The van der Waals surface area contributed by atoms with Gasteiger partial charge in [-0.2, -0.15) is 0 Å². The van der Waals surface area contributed by atoms with E-state index in [2.05, 4.69) is 29.6 Å². The number of amides is 1. The van der Waals surface area contributed by atoms with Crippen LogP contribution in [-0.4, -0.2) is 17.1 Å². The first kappa shape index (κ1) is 15.9. The number of fused-ring (bicyclic) bond motifs is 2. The standard InChI is InChI=1S/C21H16N2OS2/c1-25-15-9-7-13(8-10-15)20(24)23-21-22-19-16-4-2-3-12-5-6-14(18(12)16)11-17(19)26-21/h2-4,7-11H,5-6H2,1H3,(H,22,23,24). The number of thioether (sulfide) groups is 1. The van der Waals surface area contributed by atoms with Gasteiger partial charge in [-0.05, 0) is 65.9 Å². The van der Waals surface area contributed by atoms with Gasteiger partial charge in [0.2, 0.25) is 0 Å². The molecule has 3 nitrogen and oxygen atoms in total. The maximum Gasteiger partial charge on any atom is 0.257 e. The van der Waals surface area contributed by atoms with Crippen LogP contribution in [0.15, 0.2) is 53.4 Å². The molecule has 1 aliphatic rings. The SMILES string of the molecule is CSc1ccc(C(=O)Nc2nc3c(cc4c5c(cccc53)CC4)s2)cc1. The summed E-state index contributed by atoms with van der Waals surface area (Å²) in [5.74, 6) is -0.117. The summed E-state index contributed by atoms with van der Waals surface area (Å²) in [6.45, 7) is 0. The summed E-state index contributed by atoms with van der Waals surface area (Å²) >= 11 is 3.21. The van der Waals surface area contributed by atoms with Crippen LogP contribution in [0.1, 0.15) is 21.5 Å². The zero-order valence-corrected chi connectivity index (χ0v) is 15.8. The van der Waals surface area contributed by atoms with E-state index in [0.29, 0.717) is 10.7 Å². The molecule has 0 bridgehead atoms. The van der Waals surface area contributed by atoms with Crippen LogP contribution >= 0.6 is 23.1 Å². The fraction of sp³-hybridized carbons (Fsp3) is 0.143. The van der Waals surface area contributed by atoms with E-state index in [9.17, 15) is 4.79 Å². The van der Waals surface area contributed by atoms with Crippen LogP contribution in [-0.2, 0) is 12.8 Å². The van der Waals surface area contributed by atoms with E-state index >= 15 is 0 Å². The molecule has 4 aromatic rings. The Bertz CT molecular complexity index is 1160. The number of nitrogens with zero attached hydrogens (tertiary/aromatic N) is 1. The van der Waals surface area contributed by atoms with E-state index in [4.69, 9.17) is 4.98 Å². The lowest BCUT2D eigenvalue weighted by molar-refractivity contribution is 0.102. The second-order valence-electron chi connectivity index (χ2n) is 6.42. The maximum absolute atomic E-state index is 12.5. The van der Waals surface area contributed by atoms with Crippen molar-refractivity contribution in [3.05, 3.63) is 65.2 Å². The Labute approximate surface area is 159 Å². The largest absolute Gasteiger partial charge is 0.298 e. The van der Waals surface area contributed by atoms with Crippen molar-refractivity contribution in [2.24, 2.45) is 0 Å². The summed E-state index contributed by atoms with van der Waals surface area (Å²) in [7, 11) is 0. The highest BCUT2D eigenvalue weighted by atomic mass is 32.2. The van der Waals surface area contributed by atoms with E-state index in [0.717, 1.165) is 28.0 Å². The summed E-state index contributed by atoms with van der Waals surface area (Å²) in [6, 6.07) is 16.3. The molecule has 0 saturated carbocycles. The number of hydrogen-bond donors (Lipinski definition) is 1. The molecule has 0 radical (unpaired) electrons. The Morgan fingerprint density at radius 2 is 1.92 bits per heavy atom. The van der Waals surface area contributed by atoms with Gasteiger partial charge in [0.15, 0.2) is 5.13 Å². The predicted octanol–water partition coefficient (Wildman–Crippen LogP) is 5.52. The molecule has 3 aromatic carbocycles. The molecule has 0 fully saturated rings. The lowest BCUT2D eigenvalue weighted by atomic mass is 10.0. The molecule has 1 heterocycles. The molecule has 0 unspecified atom stereocenters. The highest BCUT2D eigenvalue weighted by Gasteiger charge is 2.19. The molecule has 0 aliphatic heterocycles. The molecule has 5 heteroatoms. The quantitative estimate of drug-likeness (QED) is 0.479. The Morgan fingerprint density at radius 1 is 1.12 bits per heavy atom. The van der Waals surface area contributed by atoms with Crippen LogP contribution in [0.2, 0.25) is 0 Å². The zero-order valence-electron chi connectivity index (χ0n) is 14.2. The Balaban J connectivity index is 1.53. The number of hydrogen-bond acceptors (Lipinski definition) is 4. The second kappa shape index (κ2) is 6.11. The Hall–Kier alpha value is -2.37. The number of anilines is 1. The molecule has 26 heavy (non-hydrogen) atoms. The first-order valence-corrected chi connectivity index (χ1v) is 10.6. The van der Waals surface area contributed by atoms with Gasteiger partial charge >= 0.3 is 0 Å². The first-order chi connectivity index (χ1) is 12.7. The van der Waals surface area contributed by atoms with Gasteiger partial charge in [0.25, 0.3) is 5.91 Å². The molecular formula is C21H16N2OS2. The number of aryl methyl sites for hydroxylation is 2. The van der Waals surface area contributed by atoms with Gasteiger partial charge in [-0.1, -0.05) is 29.5 Å². The van der Waals surface area contributed by atoms with E-state index < -0.39 is 0 Å². The Kier molecular flexibility index (Phi) is 3.72. The number of thiazole rings is 1. The number of benzene rings is 3. The van der Waals surface area contributed by atoms with Crippen molar-refractivity contribution >= 4 is 55.1 Å². The summed E-state index contributed by atoms with van der Waals surface area (Å²) in [5, 5.41) is 6.18. The third-order valence-corrected chi connectivity index (χ3v) is 6.58. The van der Waals surface area contributed by atoms with Gasteiger partial charge in [-0.15, -0.1) is 11.8 Å². The van der Waals surface area contributed by atoms with Gasteiger partial charge in [0, 0.05) is 15.8 Å². The van der Waals surface area contributed by atoms with Crippen LogP contribution in [0.5, 0.6) is 0 Å². The summed E-state index contributed by atoms with van der Waals surface area (Å²) in [6.07, 6.45) is 4.22. The number of carbonyl (C=O) groups excluding carboxylic acids is 1. The maximum atomic E-state index is 12.5. The lowest BCUT2D eigenvalue weighted by Crippen LogP contribution is -2.11. The van der Waals surface area contributed by atoms with E-state index in [-0.39, 0.29) is 5.91 Å². The second-order valence-corrected chi connectivity index (χ2v) is 8.33. The van der Waals surface area contributed by atoms with Crippen LogP contribution in [0.25, 0.3) is 21.0 Å². The molecular weight excluding hydrogens is 360 g/mol. The van der Waals surface area contributed by atoms with Crippen molar-refractivity contribution < 1.29 is 4.79 Å². The van der Waals surface area contributed by atoms with E-state index in [1.165, 1.54) is 21.9 Å². The van der Waals surface area contributed by atoms with Gasteiger partial charge in [-0.3, -0.25) is 10.1 Å². The third kappa shape index (κ3) is 2.50. The molecule has 1 aromatic heterocycles. The number of carbonyl (C=O) groups is 1. The monoisotopic (exact) mass is 376 g/mol. The van der Waals surface area contributed by atoms with Crippen molar-refractivity contribution in [1.29, 1.82) is 0 Å². The van der Waals surface area contributed by atoms with E-state index in [1.807, 2.05) is 30.5 Å². The van der Waals surface area contributed by atoms with E-state index in [1.54, 1.807) is 23.1 Å².